The van der Waals surface area contributed by atoms with Crippen LogP contribution in [-0.2, 0) is 42.2 Å². The summed E-state index contributed by atoms with van der Waals surface area (Å²) < 4.78 is 38.4. The molecule has 0 bridgehead atoms. The second kappa shape index (κ2) is 36.5. The van der Waals surface area contributed by atoms with Crippen molar-refractivity contribution in [1.29, 1.82) is 0 Å². The third-order valence-corrected chi connectivity index (χ3v) is 9.98. The molecule has 0 saturated carbocycles. The Morgan fingerprint density at radius 1 is 0.627 bits per heavy atom. The molecule has 1 fully saturated rings. The molecule has 1 aliphatic rings. The van der Waals surface area contributed by atoms with E-state index in [0.717, 1.165) is 77.0 Å². The molecule has 5 atom stereocenters. The van der Waals surface area contributed by atoms with Crippen LogP contribution in [0.15, 0.2) is 85.1 Å². The molecular weight excluding hydrogens is 773 g/mol. The van der Waals surface area contributed by atoms with E-state index < -0.39 is 57.7 Å². The molecule has 334 valence electrons. The van der Waals surface area contributed by atoms with Gasteiger partial charge in [-0.3, -0.25) is 23.4 Å². The molecule has 1 saturated heterocycles. The van der Waals surface area contributed by atoms with E-state index in [1.54, 1.807) is 0 Å². The largest absolute Gasteiger partial charge is 0.480 e. The predicted molar refractivity (Wildman–Crippen MR) is 235 cm³/mol. The van der Waals surface area contributed by atoms with Gasteiger partial charge in [0.05, 0.1) is 25.4 Å². The van der Waals surface area contributed by atoms with E-state index >= 15 is 0 Å². The van der Waals surface area contributed by atoms with Crippen molar-refractivity contribution < 1.29 is 52.2 Å². The van der Waals surface area contributed by atoms with Crippen molar-refractivity contribution in [2.24, 2.45) is 5.73 Å². The molecule has 0 amide bonds. The number of phosphoric acid groups is 1. The highest BCUT2D eigenvalue weighted by atomic mass is 31.2. The van der Waals surface area contributed by atoms with Crippen molar-refractivity contribution >= 4 is 25.7 Å². The lowest BCUT2D eigenvalue weighted by atomic mass is 10.1. The summed E-state index contributed by atoms with van der Waals surface area (Å²) in [6.45, 7) is 2.54. The van der Waals surface area contributed by atoms with E-state index in [1.165, 1.54) is 19.3 Å². The van der Waals surface area contributed by atoms with E-state index in [0.29, 0.717) is 19.3 Å². The van der Waals surface area contributed by atoms with Gasteiger partial charge in [0.2, 0.25) is 0 Å². The molecule has 0 aromatic carbocycles. The fraction of sp³-hybridized carbons (Fsp3) is 0.630. The number of carboxylic acids is 1. The lowest BCUT2D eigenvalue weighted by molar-refractivity contribution is -0.161. The highest BCUT2D eigenvalue weighted by Crippen LogP contribution is 2.43. The molecular formula is C46H74NO11P. The highest BCUT2D eigenvalue weighted by molar-refractivity contribution is 7.47. The zero-order valence-electron chi connectivity index (χ0n) is 35.7. The molecule has 0 aromatic heterocycles. The molecule has 12 nitrogen and oxygen atoms in total. The van der Waals surface area contributed by atoms with Crippen LogP contribution in [0.2, 0.25) is 0 Å². The molecule has 4 N–H and O–H groups in total. The number of epoxide rings is 1. The summed E-state index contributed by atoms with van der Waals surface area (Å²) in [6, 6.07) is -1.54. The fourth-order valence-corrected chi connectivity index (χ4v) is 6.28. The van der Waals surface area contributed by atoms with Gasteiger partial charge in [-0.25, -0.2) is 4.57 Å². The monoisotopic (exact) mass is 847 g/mol. The summed E-state index contributed by atoms with van der Waals surface area (Å²) in [5.74, 6) is -2.50. The van der Waals surface area contributed by atoms with Gasteiger partial charge in [0.15, 0.2) is 6.10 Å². The summed E-state index contributed by atoms with van der Waals surface area (Å²) in [5.41, 5.74) is 5.33. The van der Waals surface area contributed by atoms with Gasteiger partial charge in [0.25, 0.3) is 0 Å². The van der Waals surface area contributed by atoms with E-state index in [9.17, 15) is 23.8 Å². The van der Waals surface area contributed by atoms with E-state index in [2.05, 4.69) is 97.4 Å². The second-order valence-corrected chi connectivity index (χ2v) is 15.9. The molecule has 13 heteroatoms. The highest BCUT2D eigenvalue weighted by Gasteiger charge is 2.36. The summed E-state index contributed by atoms with van der Waals surface area (Å²) >= 11 is 0. The summed E-state index contributed by atoms with van der Waals surface area (Å²) in [5, 5.41) is 8.89. The summed E-state index contributed by atoms with van der Waals surface area (Å²) in [6.07, 6.45) is 46.8. The minimum Gasteiger partial charge on any atom is -0.480 e. The Hall–Kier alpha value is -3.38. The molecule has 1 aliphatic heterocycles. The number of ether oxygens (including phenoxy) is 3. The normalized spacial score (nSPS) is 18.0. The third-order valence-electron chi connectivity index (χ3n) is 9.03. The first-order valence-corrected chi connectivity index (χ1v) is 23.2. The Kier molecular flexibility index (Phi) is 33.2. The van der Waals surface area contributed by atoms with Crippen molar-refractivity contribution in [2.75, 3.05) is 19.8 Å². The molecule has 0 aromatic rings. The third kappa shape index (κ3) is 34.1. The van der Waals surface area contributed by atoms with Gasteiger partial charge in [-0.05, 0) is 89.9 Å². The molecule has 3 unspecified atom stereocenters. The topological polar surface area (TPSA) is 184 Å². The van der Waals surface area contributed by atoms with Crippen LogP contribution in [0.1, 0.15) is 142 Å². The van der Waals surface area contributed by atoms with Crippen molar-refractivity contribution in [1.82, 2.24) is 0 Å². The Balaban J connectivity index is 2.36. The number of rotatable bonds is 38. The smallest absolute Gasteiger partial charge is 0.472 e. The maximum absolute atomic E-state index is 12.6. The van der Waals surface area contributed by atoms with Crippen molar-refractivity contribution in [3.05, 3.63) is 85.1 Å². The Bertz CT molecular complexity index is 1390. The Morgan fingerprint density at radius 3 is 1.73 bits per heavy atom. The number of hydrogen-bond acceptors (Lipinski definition) is 10. The maximum atomic E-state index is 12.6. The van der Waals surface area contributed by atoms with Gasteiger partial charge >= 0.3 is 25.7 Å². The van der Waals surface area contributed by atoms with Gasteiger partial charge in [-0.2, -0.15) is 0 Å². The van der Waals surface area contributed by atoms with Crippen LogP contribution in [0.5, 0.6) is 0 Å². The summed E-state index contributed by atoms with van der Waals surface area (Å²) in [4.78, 5) is 46.0. The number of nitrogens with two attached hydrogens (primary N) is 1. The molecule has 0 spiro atoms. The number of carbonyl (C=O) groups excluding carboxylic acids is 2. The first-order chi connectivity index (χ1) is 28.6. The van der Waals surface area contributed by atoms with Crippen LogP contribution >= 0.6 is 7.82 Å². The van der Waals surface area contributed by atoms with Gasteiger partial charge in [-0.1, -0.05) is 125 Å². The quantitative estimate of drug-likeness (QED) is 0.0176. The Morgan fingerprint density at radius 2 is 1.12 bits per heavy atom. The van der Waals surface area contributed by atoms with E-state index in [-0.39, 0.29) is 25.0 Å². The number of phosphoric ester groups is 1. The average Bonchev–Trinajstić information content (AvgIpc) is 3.97. The maximum Gasteiger partial charge on any atom is 0.472 e. The van der Waals surface area contributed by atoms with Crippen LogP contribution in [0.3, 0.4) is 0 Å². The minimum atomic E-state index is -4.75. The number of carbonyl (C=O) groups is 3. The first-order valence-electron chi connectivity index (χ1n) is 21.7. The minimum absolute atomic E-state index is 0.113. The molecule has 59 heavy (non-hydrogen) atoms. The molecule has 0 radical (unpaired) electrons. The standard InChI is InChI=1S/C46H74NO11P/c1-3-5-7-9-11-13-14-15-16-17-18-19-20-22-24-26-32-36-45(49)57-40(38-55-59(52,53)56-39-41(47)46(50)51)37-54-44(48)35-31-28-27-30-34-43-42(58-43)33-29-25-23-21-12-10-8-6-4-2/h5,7,11-13,15-16,18-19,21,25,27,29-30,40-43H,3-4,6,8-10,14,17,20,22-24,26,28,31-39,47H2,1-2H3,(H,50,51)(H,52,53)/b7-5-,13-11-,16-15-,19-18-,21-12-,29-25-,30-27-/t40-,41+,42?,43?/m1/s1. The number of unbranched alkanes of at least 4 members (excludes halogenated alkanes) is 8. The van der Waals surface area contributed by atoms with Crippen LogP contribution in [0, 0.1) is 0 Å². The lowest BCUT2D eigenvalue weighted by Gasteiger charge is -2.20. The van der Waals surface area contributed by atoms with Gasteiger partial charge in [0.1, 0.15) is 12.6 Å². The van der Waals surface area contributed by atoms with Crippen molar-refractivity contribution in [3.8, 4) is 0 Å². The Labute approximate surface area is 354 Å². The van der Waals surface area contributed by atoms with Crippen LogP contribution in [0.25, 0.3) is 0 Å². The second-order valence-electron chi connectivity index (χ2n) is 14.5. The average molecular weight is 848 g/mol. The van der Waals surface area contributed by atoms with Crippen LogP contribution in [-0.4, -0.2) is 72.1 Å². The number of aliphatic carboxylic acids is 1. The zero-order valence-corrected chi connectivity index (χ0v) is 36.6. The fourth-order valence-electron chi connectivity index (χ4n) is 5.50. The zero-order chi connectivity index (χ0) is 43.2. The van der Waals surface area contributed by atoms with Crippen molar-refractivity contribution in [2.45, 2.75) is 167 Å². The van der Waals surface area contributed by atoms with Gasteiger partial charge in [0, 0.05) is 12.8 Å². The summed E-state index contributed by atoms with van der Waals surface area (Å²) in [7, 11) is -4.75. The number of hydrogen-bond donors (Lipinski definition) is 3. The number of esters is 2. The molecule has 1 rings (SSSR count). The van der Waals surface area contributed by atoms with Gasteiger partial charge < -0.3 is 29.9 Å². The van der Waals surface area contributed by atoms with Gasteiger partial charge in [-0.15, -0.1) is 0 Å². The lowest BCUT2D eigenvalue weighted by Crippen LogP contribution is -2.34. The number of allylic oxidation sites excluding steroid dienone is 12. The predicted octanol–water partition coefficient (Wildman–Crippen LogP) is 10.5. The van der Waals surface area contributed by atoms with Crippen molar-refractivity contribution in [3.63, 3.8) is 0 Å². The number of carboxylic acid groups (broad SMARTS) is 1. The molecule has 1 heterocycles. The van der Waals surface area contributed by atoms with Crippen LogP contribution < -0.4 is 5.73 Å². The molecule has 0 aliphatic carbocycles. The van der Waals surface area contributed by atoms with Crippen LogP contribution in [0.4, 0.5) is 0 Å². The van der Waals surface area contributed by atoms with E-state index in [1.807, 2.05) is 6.08 Å². The SMILES string of the molecule is CC/C=C\C/C=C\C/C=C\C/C=C\CCCCCCC(=O)O[C@H](COC(=O)CCC/C=C\CC1OC1C/C=C\C/C=C\CCCCC)COP(=O)(O)OC[C@H](N)C(=O)O. The first kappa shape index (κ1) is 53.6. The van der Waals surface area contributed by atoms with E-state index in [4.69, 9.17) is 29.6 Å².